The number of aryl methyl sites for hydroxylation is 2. The molecule has 2 rings (SSSR count). The molecule has 0 unspecified atom stereocenters. The van der Waals surface area contributed by atoms with E-state index in [9.17, 15) is 14.7 Å². The van der Waals surface area contributed by atoms with Crippen LogP contribution in [-0.4, -0.2) is 23.6 Å². The van der Waals surface area contributed by atoms with Crippen LogP contribution in [0.15, 0.2) is 42.5 Å². The fourth-order valence-corrected chi connectivity index (χ4v) is 2.99. The van der Waals surface area contributed by atoms with Gasteiger partial charge in [-0.1, -0.05) is 29.3 Å². The average Bonchev–Trinajstić information content (AvgIpc) is 2.55. The van der Waals surface area contributed by atoms with Crippen LogP contribution in [0.3, 0.4) is 0 Å². The lowest BCUT2D eigenvalue weighted by Crippen LogP contribution is -2.27. The standard InChI is InChI=1S/C21H25NO4/c1-4-26-19-7-5-18(6-8-19)22-21(25)17(13-20(23)24)12-16-10-14(2)9-15(3)11-16/h5-11,17H,4,12-13H2,1-3H3,(H,22,25)(H,23,24)/t17-/m1/s1. The highest BCUT2D eigenvalue weighted by Crippen LogP contribution is 2.20. The molecule has 2 aromatic carbocycles. The molecule has 2 aromatic rings. The van der Waals surface area contributed by atoms with Crippen LogP contribution >= 0.6 is 0 Å². The molecule has 0 heterocycles. The van der Waals surface area contributed by atoms with Gasteiger partial charge >= 0.3 is 5.97 Å². The molecule has 0 fully saturated rings. The zero-order chi connectivity index (χ0) is 19.1. The SMILES string of the molecule is CCOc1ccc(NC(=O)[C@@H](CC(=O)O)Cc2cc(C)cc(C)c2)cc1. The van der Waals surface area contributed by atoms with Crippen LogP contribution in [0.1, 0.15) is 30.0 Å². The van der Waals surface area contributed by atoms with Crippen LogP contribution in [0.5, 0.6) is 5.75 Å². The Hall–Kier alpha value is -2.82. The van der Waals surface area contributed by atoms with Crippen LogP contribution in [-0.2, 0) is 16.0 Å². The number of hydrogen-bond donors (Lipinski definition) is 2. The van der Waals surface area contributed by atoms with E-state index in [0.29, 0.717) is 18.7 Å². The number of nitrogens with one attached hydrogen (secondary N) is 1. The number of hydrogen-bond acceptors (Lipinski definition) is 3. The van der Waals surface area contributed by atoms with Crippen molar-refractivity contribution in [3.05, 3.63) is 59.2 Å². The quantitative estimate of drug-likeness (QED) is 0.751. The van der Waals surface area contributed by atoms with Crippen LogP contribution < -0.4 is 10.1 Å². The van der Waals surface area contributed by atoms with Crippen LogP contribution in [0.4, 0.5) is 5.69 Å². The third-order valence-electron chi connectivity index (χ3n) is 3.99. The summed E-state index contributed by atoms with van der Waals surface area (Å²) in [5, 5.41) is 12.0. The van der Waals surface area contributed by atoms with Crippen molar-refractivity contribution in [3.8, 4) is 5.75 Å². The first-order valence-corrected chi connectivity index (χ1v) is 8.70. The van der Waals surface area contributed by atoms with Gasteiger partial charge < -0.3 is 15.2 Å². The average molecular weight is 355 g/mol. The Morgan fingerprint density at radius 3 is 2.23 bits per heavy atom. The molecule has 5 nitrogen and oxygen atoms in total. The molecular formula is C21H25NO4. The summed E-state index contributed by atoms with van der Waals surface area (Å²) >= 11 is 0. The first-order valence-electron chi connectivity index (χ1n) is 8.70. The van der Waals surface area contributed by atoms with Crippen molar-refractivity contribution in [1.82, 2.24) is 0 Å². The van der Waals surface area contributed by atoms with Crippen LogP contribution in [0.25, 0.3) is 0 Å². The molecule has 0 aliphatic rings. The van der Waals surface area contributed by atoms with Gasteiger partial charge in [0.1, 0.15) is 5.75 Å². The highest BCUT2D eigenvalue weighted by atomic mass is 16.5. The second kappa shape index (κ2) is 9.04. The van der Waals surface area contributed by atoms with E-state index in [2.05, 4.69) is 11.4 Å². The molecule has 0 saturated carbocycles. The Balaban J connectivity index is 2.11. The van der Waals surface area contributed by atoms with E-state index in [1.54, 1.807) is 24.3 Å². The van der Waals surface area contributed by atoms with Gasteiger partial charge in [-0.3, -0.25) is 9.59 Å². The van der Waals surface area contributed by atoms with Crippen LogP contribution in [0.2, 0.25) is 0 Å². The minimum atomic E-state index is -0.985. The Labute approximate surface area is 154 Å². The molecule has 0 saturated heterocycles. The van der Waals surface area contributed by atoms with E-state index in [4.69, 9.17) is 4.74 Å². The molecule has 0 bridgehead atoms. The second-order valence-corrected chi connectivity index (χ2v) is 6.44. The van der Waals surface area contributed by atoms with Gasteiger partial charge in [0, 0.05) is 5.69 Å². The predicted molar refractivity (Wildman–Crippen MR) is 102 cm³/mol. The minimum absolute atomic E-state index is 0.212. The summed E-state index contributed by atoms with van der Waals surface area (Å²) < 4.78 is 5.38. The third kappa shape index (κ3) is 5.92. The molecule has 26 heavy (non-hydrogen) atoms. The third-order valence-corrected chi connectivity index (χ3v) is 3.99. The van der Waals surface area contributed by atoms with E-state index in [1.165, 1.54) is 0 Å². The monoisotopic (exact) mass is 355 g/mol. The van der Waals surface area contributed by atoms with Gasteiger partial charge in [0.25, 0.3) is 0 Å². The van der Waals surface area contributed by atoms with Gasteiger partial charge in [0.15, 0.2) is 0 Å². The highest BCUT2D eigenvalue weighted by molar-refractivity contribution is 5.94. The number of carboxylic acids is 1. The summed E-state index contributed by atoms with van der Waals surface area (Å²) in [6.45, 7) is 6.45. The van der Waals surface area contributed by atoms with E-state index in [0.717, 1.165) is 22.4 Å². The largest absolute Gasteiger partial charge is 0.494 e. The molecule has 1 amide bonds. The molecule has 138 valence electrons. The lowest BCUT2D eigenvalue weighted by atomic mass is 9.93. The Bertz CT molecular complexity index is 748. The molecule has 5 heteroatoms. The van der Waals surface area contributed by atoms with Crippen molar-refractivity contribution in [2.24, 2.45) is 5.92 Å². The summed E-state index contributed by atoms with van der Waals surface area (Å²) in [5.74, 6) is -1.19. The van der Waals surface area contributed by atoms with Crippen molar-refractivity contribution in [3.63, 3.8) is 0 Å². The summed E-state index contributed by atoms with van der Waals surface area (Å²) in [5.41, 5.74) is 3.78. The van der Waals surface area contributed by atoms with Gasteiger partial charge in [0.05, 0.1) is 18.9 Å². The lowest BCUT2D eigenvalue weighted by molar-refractivity contribution is -0.140. The Morgan fingerprint density at radius 1 is 1.08 bits per heavy atom. The zero-order valence-electron chi connectivity index (χ0n) is 15.4. The topological polar surface area (TPSA) is 75.6 Å². The molecular weight excluding hydrogens is 330 g/mol. The molecule has 0 aliphatic carbocycles. The normalized spacial score (nSPS) is 11.7. The summed E-state index contributed by atoms with van der Waals surface area (Å²) in [6, 6.07) is 13.1. The number of rotatable bonds is 8. The fourth-order valence-electron chi connectivity index (χ4n) is 2.99. The first kappa shape index (κ1) is 19.5. The number of aliphatic carboxylic acids is 1. The van der Waals surface area contributed by atoms with E-state index < -0.39 is 11.9 Å². The Morgan fingerprint density at radius 2 is 1.69 bits per heavy atom. The number of amides is 1. The minimum Gasteiger partial charge on any atom is -0.494 e. The van der Waals surface area contributed by atoms with Crippen molar-refractivity contribution in [2.45, 2.75) is 33.6 Å². The van der Waals surface area contributed by atoms with Gasteiger partial charge in [0.2, 0.25) is 5.91 Å². The maximum atomic E-state index is 12.6. The number of ether oxygens (including phenoxy) is 1. The molecule has 1 atom stereocenters. The van der Waals surface area contributed by atoms with Gasteiger partial charge in [-0.2, -0.15) is 0 Å². The van der Waals surface area contributed by atoms with Gasteiger partial charge in [-0.05, 0) is 57.0 Å². The summed E-state index contributed by atoms with van der Waals surface area (Å²) in [4.78, 5) is 23.8. The zero-order valence-corrected chi connectivity index (χ0v) is 15.4. The molecule has 0 aromatic heterocycles. The molecule has 0 aliphatic heterocycles. The molecule has 0 radical (unpaired) electrons. The first-order chi connectivity index (χ1) is 12.4. The lowest BCUT2D eigenvalue weighted by Gasteiger charge is -2.16. The van der Waals surface area contributed by atoms with Gasteiger partial charge in [-0.15, -0.1) is 0 Å². The van der Waals surface area contributed by atoms with Crippen molar-refractivity contribution >= 4 is 17.6 Å². The highest BCUT2D eigenvalue weighted by Gasteiger charge is 2.22. The summed E-state index contributed by atoms with van der Waals surface area (Å²) in [7, 11) is 0. The predicted octanol–water partition coefficient (Wildman–Crippen LogP) is 3.97. The summed E-state index contributed by atoms with van der Waals surface area (Å²) in [6.07, 6.45) is 0.174. The fraction of sp³-hybridized carbons (Fsp3) is 0.333. The van der Waals surface area contributed by atoms with E-state index in [1.807, 2.05) is 32.9 Å². The number of carboxylic acid groups (broad SMARTS) is 1. The maximum Gasteiger partial charge on any atom is 0.304 e. The smallest absolute Gasteiger partial charge is 0.304 e. The van der Waals surface area contributed by atoms with E-state index >= 15 is 0 Å². The van der Waals surface area contributed by atoms with Crippen molar-refractivity contribution in [1.29, 1.82) is 0 Å². The van der Waals surface area contributed by atoms with Crippen molar-refractivity contribution < 1.29 is 19.4 Å². The Kier molecular flexibility index (Phi) is 6.78. The number of carbonyl (C=O) groups is 2. The number of benzene rings is 2. The molecule has 2 N–H and O–H groups in total. The van der Waals surface area contributed by atoms with Crippen LogP contribution in [0, 0.1) is 19.8 Å². The molecule has 0 spiro atoms. The second-order valence-electron chi connectivity index (χ2n) is 6.44. The van der Waals surface area contributed by atoms with Crippen molar-refractivity contribution in [2.75, 3.05) is 11.9 Å². The van der Waals surface area contributed by atoms with E-state index in [-0.39, 0.29) is 12.3 Å². The maximum absolute atomic E-state index is 12.6. The number of anilines is 1. The van der Waals surface area contributed by atoms with Gasteiger partial charge in [-0.25, -0.2) is 0 Å². The number of carbonyl (C=O) groups excluding carboxylic acids is 1.